The number of methoxy groups -OCH3 is 2. The summed E-state index contributed by atoms with van der Waals surface area (Å²) in [7, 11) is 3.46. The summed E-state index contributed by atoms with van der Waals surface area (Å²) in [6.07, 6.45) is 13.5. The van der Waals surface area contributed by atoms with Gasteiger partial charge in [0.05, 0.1) is 19.7 Å². The quantitative estimate of drug-likeness (QED) is 0.198. The molecule has 0 spiro atoms. The minimum Gasteiger partial charge on any atom is -0.493 e. The molecule has 228 valence electrons. The van der Waals surface area contributed by atoms with Crippen molar-refractivity contribution in [1.29, 1.82) is 0 Å². The highest BCUT2D eigenvalue weighted by Gasteiger charge is 2.33. The van der Waals surface area contributed by atoms with Gasteiger partial charge in [0.1, 0.15) is 0 Å². The summed E-state index contributed by atoms with van der Waals surface area (Å²) in [5.41, 5.74) is 9.55. The summed E-state index contributed by atoms with van der Waals surface area (Å²) in [5.74, 6) is 4.52. The highest BCUT2D eigenvalue weighted by atomic mass is 35.5. The summed E-state index contributed by atoms with van der Waals surface area (Å²) < 4.78 is 11.1. The topological polar surface area (TPSA) is 46.6 Å². The second-order valence-electron chi connectivity index (χ2n) is 13.7. The van der Waals surface area contributed by atoms with Gasteiger partial charge >= 0.3 is 0 Å². The van der Waals surface area contributed by atoms with Crippen LogP contribution in [0.15, 0.2) is 42.0 Å². The average molecular weight is 600 g/mol. The van der Waals surface area contributed by atoms with Gasteiger partial charge in [-0.15, -0.1) is 0 Å². The number of piperidine rings is 1. The molecule has 5 nitrogen and oxygen atoms in total. The molecule has 0 radical (unpaired) electrons. The lowest BCUT2D eigenvalue weighted by molar-refractivity contribution is 0.167. The molecule has 3 aliphatic carbocycles. The first-order valence-corrected chi connectivity index (χ1v) is 16.8. The van der Waals surface area contributed by atoms with Crippen molar-refractivity contribution in [2.45, 2.75) is 70.6 Å². The van der Waals surface area contributed by atoms with Gasteiger partial charge in [-0.2, -0.15) is 0 Å². The molecule has 2 bridgehead atoms. The Labute approximate surface area is 262 Å². The summed E-state index contributed by atoms with van der Waals surface area (Å²) in [4.78, 5) is 7.84. The van der Waals surface area contributed by atoms with Crippen LogP contribution in [0.2, 0.25) is 5.02 Å². The van der Waals surface area contributed by atoms with E-state index in [1.54, 1.807) is 14.2 Å². The molecule has 43 heavy (non-hydrogen) atoms. The van der Waals surface area contributed by atoms with E-state index in [9.17, 15) is 0 Å². The minimum atomic E-state index is 0.574. The maximum Gasteiger partial charge on any atom is 0.161 e. The third-order valence-electron chi connectivity index (χ3n) is 10.7. The highest BCUT2D eigenvalue weighted by Crippen LogP contribution is 2.47. The molecule has 3 aromatic rings. The number of ether oxygens (including phenoxy) is 2. The summed E-state index contributed by atoms with van der Waals surface area (Å²) in [6, 6.07) is 10.6. The second-order valence-corrected chi connectivity index (χ2v) is 14.1. The average Bonchev–Trinajstić information content (AvgIpc) is 3.39. The number of anilines is 1. The number of nitrogens with one attached hydrogen (secondary N) is 1. The molecule has 7 rings (SSSR count). The maximum atomic E-state index is 6.40. The SMILES string of the molecule is COc1cc2c(cc1OC)CC(CC1CCN(CCCNc3c4c(nc5cc(Cl)ccc35)C[C@H]3C=C(C)C[C@@H]4C3)CC1)C2. The predicted molar refractivity (Wildman–Crippen MR) is 177 cm³/mol. The maximum absolute atomic E-state index is 6.40. The number of halogens is 1. The zero-order valence-electron chi connectivity index (χ0n) is 26.1. The third kappa shape index (κ3) is 6.00. The molecule has 0 saturated carbocycles. The Morgan fingerprint density at radius 1 is 0.953 bits per heavy atom. The molecule has 2 atom stereocenters. The van der Waals surface area contributed by atoms with Gasteiger partial charge in [0.25, 0.3) is 0 Å². The van der Waals surface area contributed by atoms with E-state index in [0.717, 1.165) is 59.7 Å². The van der Waals surface area contributed by atoms with Crippen molar-refractivity contribution in [1.82, 2.24) is 9.88 Å². The van der Waals surface area contributed by atoms with Gasteiger partial charge in [-0.05, 0) is 149 Å². The Hall–Kier alpha value is -2.76. The smallest absolute Gasteiger partial charge is 0.161 e. The van der Waals surface area contributed by atoms with Crippen LogP contribution in [0.25, 0.3) is 10.9 Å². The van der Waals surface area contributed by atoms with Crippen LogP contribution in [0.5, 0.6) is 11.5 Å². The van der Waals surface area contributed by atoms with Crippen molar-refractivity contribution in [3.05, 3.63) is 69.4 Å². The Balaban J connectivity index is 0.926. The number of fused-ring (bicyclic) bond motifs is 6. The van der Waals surface area contributed by atoms with E-state index in [-0.39, 0.29) is 0 Å². The number of hydrogen-bond acceptors (Lipinski definition) is 5. The molecular formula is C37H46ClN3O2. The van der Waals surface area contributed by atoms with Crippen molar-refractivity contribution in [2.24, 2.45) is 17.8 Å². The lowest BCUT2D eigenvalue weighted by Gasteiger charge is -2.36. The standard InChI is InChI=1S/C37H46ClN3O2/c1-23-13-25-18-29(14-23)36-33(19-25)40-32-22-30(38)5-6-31(32)37(36)39-9-4-10-41-11-7-24(8-12-41)15-26-16-27-20-34(42-2)35(43-3)21-28(27)17-26/h5-6,13,20-22,24-26,29H,4,7-12,14-19H2,1-3H3,(H,39,40)/t25-,29+/m0/s1. The van der Waals surface area contributed by atoms with Gasteiger partial charge in [0.15, 0.2) is 11.5 Å². The van der Waals surface area contributed by atoms with Crippen LogP contribution in [0, 0.1) is 17.8 Å². The fourth-order valence-corrected chi connectivity index (χ4v) is 8.88. The van der Waals surface area contributed by atoms with Crippen molar-refractivity contribution in [3.63, 3.8) is 0 Å². The Kier molecular flexibility index (Phi) is 8.30. The van der Waals surface area contributed by atoms with E-state index in [2.05, 4.69) is 41.4 Å². The zero-order chi connectivity index (χ0) is 29.5. The first-order valence-electron chi connectivity index (χ1n) is 16.5. The van der Waals surface area contributed by atoms with E-state index in [4.69, 9.17) is 26.1 Å². The van der Waals surface area contributed by atoms with E-state index in [1.165, 1.54) is 97.2 Å². The van der Waals surface area contributed by atoms with Gasteiger partial charge in [0.2, 0.25) is 0 Å². The molecule has 1 N–H and O–H groups in total. The fourth-order valence-electron chi connectivity index (χ4n) is 8.71. The third-order valence-corrected chi connectivity index (χ3v) is 10.9. The van der Waals surface area contributed by atoms with Crippen LogP contribution >= 0.6 is 11.6 Å². The molecule has 1 fully saturated rings. The molecule has 1 aliphatic heterocycles. The lowest BCUT2D eigenvalue weighted by Crippen LogP contribution is -2.35. The number of benzene rings is 2. The molecule has 4 aliphatic rings. The number of likely N-dealkylation sites (tertiary alicyclic amines) is 1. The van der Waals surface area contributed by atoms with E-state index in [1.807, 2.05) is 12.1 Å². The van der Waals surface area contributed by atoms with Crippen LogP contribution < -0.4 is 14.8 Å². The van der Waals surface area contributed by atoms with Crippen LogP contribution in [-0.4, -0.2) is 50.3 Å². The Morgan fingerprint density at radius 2 is 1.70 bits per heavy atom. The highest BCUT2D eigenvalue weighted by molar-refractivity contribution is 6.31. The van der Waals surface area contributed by atoms with Crippen LogP contribution in [0.4, 0.5) is 5.69 Å². The van der Waals surface area contributed by atoms with Crippen molar-refractivity contribution in [2.75, 3.05) is 45.7 Å². The van der Waals surface area contributed by atoms with Gasteiger partial charge in [-0.1, -0.05) is 23.3 Å². The number of allylic oxidation sites excluding steroid dienone is 2. The van der Waals surface area contributed by atoms with Crippen LogP contribution in [0.3, 0.4) is 0 Å². The minimum absolute atomic E-state index is 0.574. The summed E-state index contributed by atoms with van der Waals surface area (Å²) >= 11 is 6.40. The molecule has 1 aromatic heterocycles. The molecule has 0 unspecified atom stereocenters. The lowest BCUT2D eigenvalue weighted by atomic mass is 9.71. The Morgan fingerprint density at radius 3 is 2.42 bits per heavy atom. The number of pyridine rings is 1. The molecule has 2 heterocycles. The molecule has 0 amide bonds. The normalized spacial score (nSPS) is 22.3. The molecular weight excluding hydrogens is 554 g/mol. The Bertz CT molecular complexity index is 1490. The number of rotatable bonds is 9. The van der Waals surface area contributed by atoms with Gasteiger partial charge in [0, 0.05) is 33.9 Å². The monoisotopic (exact) mass is 599 g/mol. The van der Waals surface area contributed by atoms with Gasteiger partial charge < -0.3 is 19.7 Å². The van der Waals surface area contributed by atoms with Crippen LogP contribution in [-0.2, 0) is 19.3 Å². The van der Waals surface area contributed by atoms with E-state index in [0.29, 0.717) is 11.8 Å². The number of hydrogen-bond donors (Lipinski definition) is 1. The van der Waals surface area contributed by atoms with Crippen molar-refractivity contribution in [3.8, 4) is 11.5 Å². The number of nitrogens with zero attached hydrogens (tertiary/aromatic N) is 2. The van der Waals surface area contributed by atoms with Crippen molar-refractivity contribution >= 4 is 28.2 Å². The van der Waals surface area contributed by atoms with E-state index < -0.39 is 0 Å². The van der Waals surface area contributed by atoms with Gasteiger partial charge in [-0.3, -0.25) is 4.98 Å². The fraction of sp³-hybridized carbons (Fsp3) is 0.541. The van der Waals surface area contributed by atoms with E-state index >= 15 is 0 Å². The second kappa shape index (κ2) is 12.3. The number of aromatic nitrogens is 1. The molecule has 2 aromatic carbocycles. The summed E-state index contributed by atoms with van der Waals surface area (Å²) in [5, 5.41) is 5.91. The predicted octanol–water partition coefficient (Wildman–Crippen LogP) is 8.22. The molecule has 6 heteroatoms. The molecule has 1 saturated heterocycles. The van der Waals surface area contributed by atoms with Gasteiger partial charge in [-0.25, -0.2) is 0 Å². The summed E-state index contributed by atoms with van der Waals surface area (Å²) in [6.45, 7) is 6.92. The largest absolute Gasteiger partial charge is 0.493 e. The van der Waals surface area contributed by atoms with Crippen molar-refractivity contribution < 1.29 is 9.47 Å². The van der Waals surface area contributed by atoms with Crippen LogP contribution in [0.1, 0.15) is 73.8 Å². The first-order chi connectivity index (χ1) is 21.0. The first kappa shape index (κ1) is 29.0. The zero-order valence-corrected chi connectivity index (χ0v) is 26.8.